The second-order valence-corrected chi connectivity index (χ2v) is 5.63. The minimum Gasteiger partial charge on any atom is -0.465 e. The van der Waals surface area contributed by atoms with Crippen molar-refractivity contribution in [2.45, 2.75) is 25.3 Å². The first-order valence-electron chi connectivity index (χ1n) is 5.94. The van der Waals surface area contributed by atoms with Crippen LogP contribution in [-0.4, -0.2) is 39.8 Å². The fourth-order valence-corrected chi connectivity index (χ4v) is 2.33. The lowest BCUT2D eigenvalue weighted by Crippen LogP contribution is -2.53. The third kappa shape index (κ3) is 3.25. The van der Waals surface area contributed by atoms with E-state index in [1.165, 1.54) is 0 Å². The Balaban J connectivity index is 2.03. The summed E-state index contributed by atoms with van der Waals surface area (Å²) < 4.78 is 0.533. The maximum atomic E-state index is 10.7. The van der Waals surface area contributed by atoms with E-state index in [4.69, 9.17) is 10.8 Å². The third-order valence-electron chi connectivity index (χ3n) is 3.34. The van der Waals surface area contributed by atoms with E-state index >= 15 is 0 Å². The molecule has 0 spiro atoms. The summed E-state index contributed by atoms with van der Waals surface area (Å²) in [6, 6.07) is 0. The summed E-state index contributed by atoms with van der Waals surface area (Å²) in [5.74, 6) is 1.08. The number of hydrogen-bond donors (Lipinski definition) is 3. The molecule has 7 nitrogen and oxygen atoms in total. The van der Waals surface area contributed by atoms with Gasteiger partial charge in [0.2, 0.25) is 0 Å². The number of carboxylic acid groups (broad SMARTS) is 1. The molecule has 8 heteroatoms. The summed E-state index contributed by atoms with van der Waals surface area (Å²) >= 11 is 3.21. The highest BCUT2D eigenvalue weighted by molar-refractivity contribution is 9.10. The van der Waals surface area contributed by atoms with Gasteiger partial charge in [-0.2, -0.15) is 0 Å². The van der Waals surface area contributed by atoms with Gasteiger partial charge in [0.1, 0.15) is 10.4 Å². The van der Waals surface area contributed by atoms with Gasteiger partial charge in [-0.05, 0) is 35.7 Å². The van der Waals surface area contributed by atoms with E-state index in [2.05, 4.69) is 36.1 Å². The van der Waals surface area contributed by atoms with Crippen molar-refractivity contribution in [2.24, 2.45) is 0 Å². The van der Waals surface area contributed by atoms with Crippen molar-refractivity contribution in [3.63, 3.8) is 0 Å². The predicted molar refractivity (Wildman–Crippen MR) is 75.2 cm³/mol. The van der Waals surface area contributed by atoms with E-state index in [1.54, 1.807) is 6.20 Å². The van der Waals surface area contributed by atoms with Crippen LogP contribution in [0.4, 0.5) is 16.4 Å². The monoisotopic (exact) mass is 329 g/mol. The zero-order valence-electron chi connectivity index (χ0n) is 10.6. The highest BCUT2D eigenvalue weighted by Crippen LogP contribution is 2.26. The summed E-state index contributed by atoms with van der Waals surface area (Å²) in [5, 5.41) is 11.4. The summed E-state index contributed by atoms with van der Waals surface area (Å²) in [7, 11) is 0. The smallest absolute Gasteiger partial charge is 0.405 e. The van der Waals surface area contributed by atoms with Crippen molar-refractivity contribution in [1.82, 2.24) is 15.3 Å². The van der Waals surface area contributed by atoms with Gasteiger partial charge in [-0.3, -0.25) is 0 Å². The van der Waals surface area contributed by atoms with Gasteiger partial charge in [0.25, 0.3) is 0 Å². The summed E-state index contributed by atoms with van der Waals surface area (Å²) in [6.07, 6.45) is 2.12. The van der Waals surface area contributed by atoms with Gasteiger partial charge in [-0.25, -0.2) is 14.8 Å². The molecule has 1 aromatic heterocycles. The standard InChI is InChI=1S/C11H16BrN5O2/c1-11(16-10(18)19)2-4-17(5-3-11)7-6-14-8(12)9(13)15-7/h6,16H,2-5H2,1H3,(H2,13,15)(H,18,19). The lowest BCUT2D eigenvalue weighted by Gasteiger charge is -2.39. The molecule has 0 aliphatic carbocycles. The molecule has 1 aliphatic heterocycles. The molecule has 2 rings (SSSR count). The molecule has 0 unspecified atom stereocenters. The number of nitrogens with zero attached hydrogens (tertiary/aromatic N) is 3. The lowest BCUT2D eigenvalue weighted by molar-refractivity contribution is 0.173. The zero-order valence-corrected chi connectivity index (χ0v) is 12.1. The van der Waals surface area contributed by atoms with Crippen molar-refractivity contribution < 1.29 is 9.90 Å². The minimum atomic E-state index is -0.983. The Morgan fingerprint density at radius 3 is 2.74 bits per heavy atom. The van der Waals surface area contributed by atoms with Gasteiger partial charge in [0.15, 0.2) is 5.82 Å². The number of amides is 1. The number of aromatic nitrogens is 2. The molecule has 0 saturated carbocycles. The molecule has 0 atom stereocenters. The SMILES string of the molecule is CC1(NC(=O)O)CCN(c2cnc(Br)c(N)n2)CC1. The maximum Gasteiger partial charge on any atom is 0.405 e. The number of rotatable bonds is 2. The molecule has 1 amide bonds. The maximum absolute atomic E-state index is 10.7. The number of nitrogens with two attached hydrogens (primary N) is 1. The van der Waals surface area contributed by atoms with Gasteiger partial charge >= 0.3 is 6.09 Å². The van der Waals surface area contributed by atoms with Crippen LogP contribution in [0.2, 0.25) is 0 Å². The van der Waals surface area contributed by atoms with Crippen molar-refractivity contribution in [3.8, 4) is 0 Å². The van der Waals surface area contributed by atoms with E-state index in [0.29, 0.717) is 23.5 Å². The molecule has 104 valence electrons. The van der Waals surface area contributed by atoms with Crippen LogP contribution < -0.4 is 16.0 Å². The molecule has 2 heterocycles. The molecule has 0 bridgehead atoms. The Morgan fingerprint density at radius 2 is 2.21 bits per heavy atom. The van der Waals surface area contributed by atoms with Crippen molar-refractivity contribution >= 4 is 33.7 Å². The zero-order chi connectivity index (χ0) is 14.0. The highest BCUT2D eigenvalue weighted by Gasteiger charge is 2.32. The minimum absolute atomic E-state index is 0.356. The quantitative estimate of drug-likeness (QED) is 0.758. The van der Waals surface area contributed by atoms with Crippen LogP contribution in [0.3, 0.4) is 0 Å². The van der Waals surface area contributed by atoms with Crippen molar-refractivity contribution in [3.05, 3.63) is 10.8 Å². The van der Waals surface area contributed by atoms with E-state index in [-0.39, 0.29) is 5.54 Å². The summed E-state index contributed by atoms with van der Waals surface area (Å²) in [4.78, 5) is 21.2. The number of hydrogen-bond acceptors (Lipinski definition) is 5. The molecule has 4 N–H and O–H groups in total. The lowest BCUT2D eigenvalue weighted by atomic mass is 9.90. The second kappa shape index (κ2) is 5.20. The van der Waals surface area contributed by atoms with Gasteiger partial charge in [-0.1, -0.05) is 0 Å². The second-order valence-electron chi connectivity index (χ2n) is 4.88. The van der Waals surface area contributed by atoms with E-state index in [1.807, 2.05) is 6.92 Å². The number of nitrogen functional groups attached to an aromatic ring is 1. The van der Waals surface area contributed by atoms with Crippen molar-refractivity contribution in [2.75, 3.05) is 23.7 Å². The first kappa shape index (κ1) is 13.9. The van der Waals surface area contributed by atoms with Crippen LogP contribution in [-0.2, 0) is 0 Å². The Morgan fingerprint density at radius 1 is 1.58 bits per heavy atom. The molecular formula is C11H16BrN5O2. The fourth-order valence-electron chi connectivity index (χ4n) is 2.14. The van der Waals surface area contributed by atoms with E-state index in [9.17, 15) is 4.79 Å². The number of piperidine rings is 1. The first-order valence-corrected chi connectivity index (χ1v) is 6.73. The Labute approximate surface area is 119 Å². The summed E-state index contributed by atoms with van der Waals surface area (Å²) in [6.45, 7) is 3.35. The molecule has 1 aliphatic rings. The number of halogens is 1. The van der Waals surface area contributed by atoms with Crippen LogP contribution in [0.1, 0.15) is 19.8 Å². The van der Waals surface area contributed by atoms with E-state index < -0.39 is 6.09 Å². The molecule has 0 radical (unpaired) electrons. The predicted octanol–water partition coefficient (Wildman–Crippen LogP) is 1.45. The van der Waals surface area contributed by atoms with Crippen LogP contribution >= 0.6 is 15.9 Å². The van der Waals surface area contributed by atoms with Crippen LogP contribution in [0.25, 0.3) is 0 Å². The molecule has 19 heavy (non-hydrogen) atoms. The Bertz CT molecular complexity index is 488. The van der Waals surface area contributed by atoms with Crippen LogP contribution in [0, 0.1) is 0 Å². The Kier molecular flexibility index (Phi) is 3.79. The van der Waals surface area contributed by atoms with Gasteiger partial charge in [0.05, 0.1) is 6.20 Å². The fraction of sp³-hybridized carbons (Fsp3) is 0.545. The molecule has 1 aromatic rings. The van der Waals surface area contributed by atoms with Crippen LogP contribution in [0.15, 0.2) is 10.8 Å². The third-order valence-corrected chi connectivity index (χ3v) is 3.95. The van der Waals surface area contributed by atoms with E-state index in [0.717, 1.165) is 18.7 Å². The highest BCUT2D eigenvalue weighted by atomic mass is 79.9. The van der Waals surface area contributed by atoms with Gasteiger partial charge in [0, 0.05) is 18.6 Å². The van der Waals surface area contributed by atoms with Crippen LogP contribution in [0.5, 0.6) is 0 Å². The molecular weight excluding hydrogens is 314 g/mol. The topological polar surface area (TPSA) is 104 Å². The van der Waals surface area contributed by atoms with Crippen molar-refractivity contribution in [1.29, 1.82) is 0 Å². The van der Waals surface area contributed by atoms with Gasteiger partial charge in [-0.15, -0.1) is 0 Å². The largest absolute Gasteiger partial charge is 0.465 e. The summed E-state index contributed by atoms with van der Waals surface area (Å²) in [5.41, 5.74) is 5.33. The average molecular weight is 330 g/mol. The number of carbonyl (C=O) groups is 1. The first-order chi connectivity index (χ1) is 8.89. The normalized spacial score (nSPS) is 18.1. The molecule has 1 fully saturated rings. The van der Waals surface area contributed by atoms with Gasteiger partial charge < -0.3 is 21.1 Å². The number of anilines is 2. The molecule has 0 aromatic carbocycles. The Hall–Kier alpha value is -1.57. The number of nitrogens with one attached hydrogen (secondary N) is 1. The molecule has 1 saturated heterocycles. The average Bonchev–Trinajstić information content (AvgIpc) is 2.32.